The summed E-state index contributed by atoms with van der Waals surface area (Å²) in [5, 5.41) is 3.05. The van der Waals surface area contributed by atoms with Crippen molar-refractivity contribution in [3.63, 3.8) is 0 Å². The van der Waals surface area contributed by atoms with Gasteiger partial charge < -0.3 is 11.1 Å². The molecule has 0 radical (unpaired) electrons. The molecule has 0 unspecified atom stereocenters. The zero-order chi connectivity index (χ0) is 13.7. The van der Waals surface area contributed by atoms with Crippen LogP contribution in [0.25, 0.3) is 11.3 Å². The van der Waals surface area contributed by atoms with E-state index in [4.69, 9.17) is 5.73 Å². The van der Waals surface area contributed by atoms with Crippen molar-refractivity contribution in [2.24, 2.45) is 5.73 Å². The van der Waals surface area contributed by atoms with Crippen LogP contribution in [-0.2, 0) is 0 Å². The quantitative estimate of drug-likeness (QED) is 0.858. The Labute approximate surface area is 111 Å². The average molecular weight is 256 g/mol. The van der Waals surface area contributed by atoms with Gasteiger partial charge in [-0.3, -0.25) is 4.79 Å². The Morgan fingerprint density at radius 3 is 2.68 bits per heavy atom. The van der Waals surface area contributed by atoms with Gasteiger partial charge in [-0.2, -0.15) is 0 Å². The van der Waals surface area contributed by atoms with E-state index < -0.39 is 5.91 Å². The second-order valence-corrected chi connectivity index (χ2v) is 4.11. The van der Waals surface area contributed by atoms with E-state index in [-0.39, 0.29) is 5.69 Å². The van der Waals surface area contributed by atoms with E-state index in [1.807, 2.05) is 37.3 Å². The van der Waals surface area contributed by atoms with Crippen LogP contribution in [-0.4, -0.2) is 22.4 Å². The number of primary amides is 1. The minimum atomic E-state index is -0.580. The van der Waals surface area contributed by atoms with E-state index in [2.05, 4.69) is 15.3 Å². The van der Waals surface area contributed by atoms with Crippen molar-refractivity contribution in [1.29, 1.82) is 0 Å². The third kappa shape index (κ3) is 3.07. The third-order valence-electron chi connectivity index (χ3n) is 2.62. The lowest BCUT2D eigenvalue weighted by atomic mass is 10.1. The highest BCUT2D eigenvalue weighted by Gasteiger charge is 2.13. The van der Waals surface area contributed by atoms with Gasteiger partial charge in [0.2, 0.25) is 0 Å². The lowest BCUT2D eigenvalue weighted by Gasteiger charge is -2.09. The number of nitrogens with zero attached hydrogens (tertiary/aromatic N) is 2. The second kappa shape index (κ2) is 5.95. The average Bonchev–Trinajstić information content (AvgIpc) is 2.45. The van der Waals surface area contributed by atoms with Crippen LogP contribution in [0.15, 0.2) is 36.5 Å². The molecule has 3 N–H and O–H groups in total. The molecule has 1 aromatic carbocycles. The Kier molecular flexibility index (Phi) is 4.07. The molecule has 0 aliphatic carbocycles. The molecule has 0 aliphatic heterocycles. The fourth-order valence-electron chi connectivity index (χ4n) is 1.68. The van der Waals surface area contributed by atoms with Gasteiger partial charge in [-0.1, -0.05) is 37.3 Å². The molecule has 0 bridgehead atoms. The molecule has 1 heterocycles. The SMILES string of the molecule is CCCNc1ncc(-c2ccccc2)nc1C(N)=O. The molecule has 0 saturated carbocycles. The highest BCUT2D eigenvalue weighted by Crippen LogP contribution is 2.19. The van der Waals surface area contributed by atoms with Gasteiger partial charge in [-0.15, -0.1) is 0 Å². The van der Waals surface area contributed by atoms with Crippen molar-refractivity contribution < 1.29 is 4.79 Å². The van der Waals surface area contributed by atoms with Gasteiger partial charge in [0, 0.05) is 12.1 Å². The van der Waals surface area contributed by atoms with Gasteiger partial charge >= 0.3 is 0 Å². The van der Waals surface area contributed by atoms with Crippen LogP contribution in [0.4, 0.5) is 5.82 Å². The van der Waals surface area contributed by atoms with Crippen molar-refractivity contribution in [2.75, 3.05) is 11.9 Å². The maximum absolute atomic E-state index is 11.4. The largest absolute Gasteiger partial charge is 0.368 e. The van der Waals surface area contributed by atoms with Gasteiger partial charge in [-0.05, 0) is 6.42 Å². The predicted molar refractivity (Wildman–Crippen MR) is 74.8 cm³/mol. The zero-order valence-electron chi connectivity index (χ0n) is 10.8. The standard InChI is InChI=1S/C14H16N4O/c1-2-8-16-14-12(13(15)19)18-11(9-17-14)10-6-4-3-5-7-10/h3-7,9H,2,8H2,1H3,(H2,15,19)(H,16,17). The van der Waals surface area contributed by atoms with Crippen LogP contribution in [0, 0.1) is 0 Å². The number of nitrogens with two attached hydrogens (primary N) is 1. The van der Waals surface area contributed by atoms with E-state index in [0.717, 1.165) is 18.5 Å². The molecule has 0 aliphatic rings. The first kappa shape index (κ1) is 13.0. The Hall–Kier alpha value is -2.43. The molecule has 0 atom stereocenters. The Morgan fingerprint density at radius 1 is 1.32 bits per heavy atom. The summed E-state index contributed by atoms with van der Waals surface area (Å²) in [5.41, 5.74) is 7.07. The lowest BCUT2D eigenvalue weighted by Crippen LogP contribution is -2.18. The predicted octanol–water partition coefficient (Wildman–Crippen LogP) is 2.06. The van der Waals surface area contributed by atoms with E-state index >= 15 is 0 Å². The highest BCUT2D eigenvalue weighted by molar-refractivity contribution is 5.96. The van der Waals surface area contributed by atoms with E-state index in [9.17, 15) is 4.79 Å². The minimum Gasteiger partial charge on any atom is -0.368 e. The van der Waals surface area contributed by atoms with Crippen LogP contribution in [0.5, 0.6) is 0 Å². The molecule has 0 saturated heterocycles. The lowest BCUT2D eigenvalue weighted by molar-refractivity contribution is 0.0996. The molecule has 5 nitrogen and oxygen atoms in total. The number of anilines is 1. The summed E-state index contributed by atoms with van der Waals surface area (Å²) >= 11 is 0. The number of amides is 1. The van der Waals surface area contributed by atoms with E-state index in [1.54, 1.807) is 6.20 Å². The molecular formula is C14H16N4O. The molecule has 2 aromatic rings. The molecule has 0 fully saturated rings. The number of aromatic nitrogens is 2. The molecular weight excluding hydrogens is 240 g/mol. The number of hydrogen-bond acceptors (Lipinski definition) is 4. The first-order chi connectivity index (χ1) is 9.22. The van der Waals surface area contributed by atoms with Crippen molar-refractivity contribution in [1.82, 2.24) is 9.97 Å². The van der Waals surface area contributed by atoms with Crippen LogP contribution >= 0.6 is 0 Å². The fraction of sp³-hybridized carbons (Fsp3) is 0.214. The van der Waals surface area contributed by atoms with Crippen LogP contribution < -0.4 is 11.1 Å². The summed E-state index contributed by atoms with van der Waals surface area (Å²) < 4.78 is 0. The van der Waals surface area contributed by atoms with E-state index in [1.165, 1.54) is 0 Å². The monoisotopic (exact) mass is 256 g/mol. The summed E-state index contributed by atoms with van der Waals surface area (Å²) in [4.78, 5) is 20.0. The summed E-state index contributed by atoms with van der Waals surface area (Å²) in [6.07, 6.45) is 2.57. The topological polar surface area (TPSA) is 80.9 Å². The normalized spacial score (nSPS) is 10.2. The molecule has 19 heavy (non-hydrogen) atoms. The van der Waals surface area contributed by atoms with Crippen molar-refractivity contribution in [2.45, 2.75) is 13.3 Å². The molecule has 98 valence electrons. The number of hydrogen-bond donors (Lipinski definition) is 2. The van der Waals surface area contributed by atoms with Crippen LogP contribution in [0.1, 0.15) is 23.8 Å². The highest BCUT2D eigenvalue weighted by atomic mass is 16.1. The van der Waals surface area contributed by atoms with Crippen molar-refractivity contribution >= 4 is 11.7 Å². The Bertz CT molecular complexity index is 569. The Morgan fingerprint density at radius 2 is 2.05 bits per heavy atom. The molecule has 0 spiro atoms. The van der Waals surface area contributed by atoms with Gasteiger partial charge in [0.1, 0.15) is 0 Å². The smallest absolute Gasteiger partial charge is 0.271 e. The first-order valence-corrected chi connectivity index (χ1v) is 6.18. The van der Waals surface area contributed by atoms with Gasteiger partial charge in [0.05, 0.1) is 11.9 Å². The number of carbonyl (C=O) groups is 1. The Balaban J connectivity index is 2.39. The van der Waals surface area contributed by atoms with Gasteiger partial charge in [0.15, 0.2) is 11.5 Å². The van der Waals surface area contributed by atoms with Crippen molar-refractivity contribution in [3.05, 3.63) is 42.2 Å². The first-order valence-electron chi connectivity index (χ1n) is 6.18. The summed E-state index contributed by atoms with van der Waals surface area (Å²) in [5.74, 6) is -0.141. The summed E-state index contributed by atoms with van der Waals surface area (Å²) in [6, 6.07) is 9.55. The maximum atomic E-state index is 11.4. The zero-order valence-corrected chi connectivity index (χ0v) is 10.8. The molecule has 1 amide bonds. The summed E-state index contributed by atoms with van der Waals surface area (Å²) in [6.45, 7) is 2.75. The van der Waals surface area contributed by atoms with E-state index in [0.29, 0.717) is 11.5 Å². The number of rotatable bonds is 5. The molecule has 1 aromatic heterocycles. The number of nitrogens with one attached hydrogen (secondary N) is 1. The summed E-state index contributed by atoms with van der Waals surface area (Å²) in [7, 11) is 0. The molecule has 2 rings (SSSR count). The number of carbonyl (C=O) groups excluding carboxylic acids is 1. The van der Waals surface area contributed by atoms with Gasteiger partial charge in [0.25, 0.3) is 5.91 Å². The third-order valence-corrected chi connectivity index (χ3v) is 2.62. The van der Waals surface area contributed by atoms with Crippen LogP contribution in [0.2, 0.25) is 0 Å². The molecule has 5 heteroatoms. The maximum Gasteiger partial charge on any atom is 0.271 e. The second-order valence-electron chi connectivity index (χ2n) is 4.11. The van der Waals surface area contributed by atoms with Crippen LogP contribution in [0.3, 0.4) is 0 Å². The fourth-order valence-corrected chi connectivity index (χ4v) is 1.68. The number of benzene rings is 1. The van der Waals surface area contributed by atoms with Crippen molar-refractivity contribution in [3.8, 4) is 11.3 Å². The van der Waals surface area contributed by atoms with Gasteiger partial charge in [-0.25, -0.2) is 9.97 Å². The minimum absolute atomic E-state index is 0.176.